The molecule has 0 N–H and O–H groups in total. The van der Waals surface area contributed by atoms with Crippen molar-refractivity contribution in [2.75, 3.05) is 13.7 Å². The molecule has 1 heterocycles. The van der Waals surface area contributed by atoms with Gasteiger partial charge in [0.25, 0.3) is 0 Å². The summed E-state index contributed by atoms with van der Waals surface area (Å²) >= 11 is 0. The molecule has 0 fully saturated rings. The van der Waals surface area contributed by atoms with Crippen LogP contribution >= 0.6 is 0 Å². The maximum absolute atomic E-state index is 11.0. The van der Waals surface area contributed by atoms with Crippen molar-refractivity contribution < 1.29 is 9.53 Å². The van der Waals surface area contributed by atoms with Gasteiger partial charge in [-0.3, -0.25) is 0 Å². The average Bonchev–Trinajstić information content (AvgIpc) is 2.38. The molecule has 0 saturated heterocycles. The molecule has 0 amide bonds. The lowest BCUT2D eigenvalue weighted by Crippen LogP contribution is -2.06. The molecule has 17 heavy (non-hydrogen) atoms. The van der Waals surface area contributed by atoms with Gasteiger partial charge in [-0.15, -0.1) is 0 Å². The summed E-state index contributed by atoms with van der Waals surface area (Å²) in [5, 5.41) is 3.39. The molecule has 0 spiro atoms. The summed E-state index contributed by atoms with van der Waals surface area (Å²) < 4.78 is 4.47. The number of carbonyl (C=O) groups excluding carboxylic acids is 1. The van der Waals surface area contributed by atoms with Crippen molar-refractivity contribution >= 4 is 12.0 Å². The number of hydrogen-bond acceptors (Lipinski definition) is 5. The van der Waals surface area contributed by atoms with Crippen LogP contribution in [-0.2, 0) is 4.74 Å². The molecule has 1 aromatic rings. The van der Waals surface area contributed by atoms with Crippen LogP contribution in [0.25, 0.3) is 16.5 Å². The largest absolute Gasteiger partial charge is 0.463 e. The van der Waals surface area contributed by atoms with E-state index in [1.165, 1.54) is 19.5 Å². The van der Waals surface area contributed by atoms with E-state index in [2.05, 4.69) is 24.7 Å². The Morgan fingerprint density at radius 1 is 1.59 bits per heavy atom. The number of aromatic nitrogens is 2. The number of ether oxygens (including phenoxy) is 1. The van der Waals surface area contributed by atoms with Crippen LogP contribution in [0, 0.1) is 0 Å². The maximum atomic E-state index is 11.0. The second-order valence-electron chi connectivity index (χ2n) is 2.98. The van der Waals surface area contributed by atoms with Crippen LogP contribution in [-0.4, -0.2) is 29.6 Å². The third-order valence-corrected chi connectivity index (χ3v) is 1.81. The summed E-state index contributed by atoms with van der Waals surface area (Å²) in [4.78, 5) is 21.4. The minimum atomic E-state index is -0.566. The number of methoxy groups -OCH3 is 1. The lowest BCUT2D eigenvalue weighted by molar-refractivity contribution is 0.0586. The van der Waals surface area contributed by atoms with Gasteiger partial charge >= 0.3 is 5.97 Å². The first kappa shape index (κ1) is 12.7. The second-order valence-corrected chi connectivity index (χ2v) is 2.98. The highest BCUT2D eigenvalue weighted by Gasteiger charge is 2.06. The van der Waals surface area contributed by atoms with Gasteiger partial charge in [-0.1, -0.05) is 17.3 Å². The number of nitrogens with zero attached hydrogens (tertiary/aromatic N) is 5. The van der Waals surface area contributed by atoms with Crippen LogP contribution in [0.4, 0.5) is 0 Å². The zero-order valence-electron chi connectivity index (χ0n) is 9.28. The molecule has 0 aliphatic heterocycles. The molecular formula is C10H11N5O2. The second kappa shape index (κ2) is 6.97. The SMILES string of the molecule is COC(=O)c1ncc(C=CCCN=[N+]=[N-])cn1. The molecule has 0 bridgehead atoms. The molecule has 0 aliphatic rings. The minimum absolute atomic E-state index is 0.0266. The van der Waals surface area contributed by atoms with Crippen molar-refractivity contribution in [2.24, 2.45) is 5.11 Å². The Morgan fingerprint density at radius 2 is 2.29 bits per heavy atom. The van der Waals surface area contributed by atoms with Crippen LogP contribution < -0.4 is 0 Å². The summed E-state index contributed by atoms with van der Waals surface area (Å²) in [5.74, 6) is -0.539. The van der Waals surface area contributed by atoms with Gasteiger partial charge in [0.15, 0.2) is 0 Å². The highest BCUT2D eigenvalue weighted by Crippen LogP contribution is 2.01. The molecule has 1 rings (SSSR count). The van der Waals surface area contributed by atoms with Crippen LogP contribution in [0.1, 0.15) is 22.6 Å². The summed E-state index contributed by atoms with van der Waals surface area (Å²) in [6, 6.07) is 0. The van der Waals surface area contributed by atoms with Gasteiger partial charge in [-0.25, -0.2) is 14.8 Å². The Labute approximate surface area is 97.8 Å². The summed E-state index contributed by atoms with van der Waals surface area (Å²) in [7, 11) is 1.27. The Morgan fingerprint density at radius 3 is 2.88 bits per heavy atom. The van der Waals surface area contributed by atoms with Crippen LogP contribution in [0.5, 0.6) is 0 Å². The molecule has 0 unspecified atom stereocenters. The Kier molecular flexibility index (Phi) is 5.19. The number of esters is 1. The van der Waals surface area contributed by atoms with Gasteiger partial charge in [0.2, 0.25) is 5.82 Å². The van der Waals surface area contributed by atoms with Crippen molar-refractivity contribution in [3.05, 3.63) is 40.3 Å². The summed E-state index contributed by atoms with van der Waals surface area (Å²) in [6.45, 7) is 0.411. The first-order chi connectivity index (χ1) is 8.27. The van der Waals surface area contributed by atoms with E-state index in [1.807, 2.05) is 6.08 Å². The highest BCUT2D eigenvalue weighted by atomic mass is 16.5. The number of rotatable bonds is 5. The Balaban J connectivity index is 2.56. The smallest absolute Gasteiger partial charge is 0.376 e. The highest BCUT2D eigenvalue weighted by molar-refractivity contribution is 5.84. The zero-order valence-corrected chi connectivity index (χ0v) is 9.28. The molecule has 7 nitrogen and oxygen atoms in total. The molecule has 0 aliphatic carbocycles. The zero-order chi connectivity index (χ0) is 12.5. The number of azide groups is 1. The average molecular weight is 233 g/mol. The van der Waals surface area contributed by atoms with E-state index in [4.69, 9.17) is 5.53 Å². The fraction of sp³-hybridized carbons (Fsp3) is 0.300. The van der Waals surface area contributed by atoms with Crippen molar-refractivity contribution in [3.8, 4) is 0 Å². The summed E-state index contributed by atoms with van der Waals surface area (Å²) in [6.07, 6.45) is 7.30. The molecule has 0 atom stereocenters. The van der Waals surface area contributed by atoms with Crippen LogP contribution in [0.3, 0.4) is 0 Å². The van der Waals surface area contributed by atoms with Crippen LogP contribution in [0.15, 0.2) is 23.6 Å². The fourth-order valence-electron chi connectivity index (χ4n) is 1.02. The van der Waals surface area contributed by atoms with E-state index in [-0.39, 0.29) is 5.82 Å². The standard InChI is InChI=1S/C10H11N5O2/c1-17-10(16)9-12-6-8(7-13-9)4-2-3-5-14-15-11/h2,4,6-7H,3,5H2,1H3. The molecule has 0 radical (unpaired) electrons. The fourth-order valence-corrected chi connectivity index (χ4v) is 1.02. The van der Waals surface area contributed by atoms with E-state index < -0.39 is 5.97 Å². The van der Waals surface area contributed by atoms with Gasteiger partial charge in [0, 0.05) is 29.4 Å². The van der Waals surface area contributed by atoms with E-state index in [0.29, 0.717) is 13.0 Å². The molecule has 1 aromatic heterocycles. The lowest BCUT2D eigenvalue weighted by Gasteiger charge is -1.97. The van der Waals surface area contributed by atoms with Gasteiger partial charge in [0.1, 0.15) is 0 Å². The maximum Gasteiger partial charge on any atom is 0.376 e. The molecule has 7 heteroatoms. The molecule has 0 aromatic carbocycles. The van der Waals surface area contributed by atoms with E-state index in [9.17, 15) is 4.79 Å². The molecule has 0 saturated carbocycles. The van der Waals surface area contributed by atoms with Crippen molar-refractivity contribution in [3.63, 3.8) is 0 Å². The van der Waals surface area contributed by atoms with Crippen molar-refractivity contribution in [2.45, 2.75) is 6.42 Å². The number of hydrogen-bond donors (Lipinski definition) is 0. The Bertz CT molecular complexity index is 448. The summed E-state index contributed by atoms with van der Waals surface area (Å²) in [5.41, 5.74) is 8.82. The first-order valence-electron chi connectivity index (χ1n) is 4.85. The number of carbonyl (C=O) groups is 1. The third kappa shape index (κ3) is 4.31. The monoisotopic (exact) mass is 233 g/mol. The lowest BCUT2D eigenvalue weighted by atomic mass is 10.3. The third-order valence-electron chi connectivity index (χ3n) is 1.81. The normalized spacial score (nSPS) is 9.94. The van der Waals surface area contributed by atoms with Gasteiger partial charge in [0.05, 0.1) is 7.11 Å². The van der Waals surface area contributed by atoms with Crippen LogP contribution in [0.2, 0.25) is 0 Å². The minimum Gasteiger partial charge on any atom is -0.463 e. The Hall–Kier alpha value is -2.40. The van der Waals surface area contributed by atoms with Gasteiger partial charge in [-0.05, 0) is 12.0 Å². The molecular weight excluding hydrogens is 222 g/mol. The van der Waals surface area contributed by atoms with Crippen molar-refractivity contribution in [1.82, 2.24) is 9.97 Å². The van der Waals surface area contributed by atoms with Gasteiger partial charge < -0.3 is 4.74 Å². The first-order valence-corrected chi connectivity index (χ1v) is 4.85. The van der Waals surface area contributed by atoms with E-state index >= 15 is 0 Å². The van der Waals surface area contributed by atoms with Gasteiger partial charge in [-0.2, -0.15) is 0 Å². The molecule has 88 valence electrons. The van der Waals surface area contributed by atoms with Crippen molar-refractivity contribution in [1.29, 1.82) is 0 Å². The van der Waals surface area contributed by atoms with E-state index in [1.54, 1.807) is 6.08 Å². The predicted octanol–water partition coefficient (Wildman–Crippen LogP) is 1.98. The topological polar surface area (TPSA) is 101 Å². The quantitative estimate of drug-likeness (QED) is 0.255. The van der Waals surface area contributed by atoms with E-state index in [0.717, 1.165) is 5.56 Å². The predicted molar refractivity (Wildman–Crippen MR) is 61.0 cm³/mol.